The molecule has 1 N–H and O–H groups in total. The number of oxazole rings is 1. The summed E-state index contributed by atoms with van der Waals surface area (Å²) < 4.78 is 31.0. The Hall–Kier alpha value is -2.93. The van der Waals surface area contributed by atoms with Crippen molar-refractivity contribution in [2.75, 3.05) is 0 Å². The van der Waals surface area contributed by atoms with Gasteiger partial charge >= 0.3 is 0 Å². The van der Waals surface area contributed by atoms with Crippen LogP contribution >= 0.6 is 0 Å². The van der Waals surface area contributed by atoms with E-state index in [1.165, 1.54) is 0 Å². The number of nitrogens with one attached hydrogen (secondary N) is 1. The van der Waals surface area contributed by atoms with Crippen LogP contribution in [-0.4, -0.2) is 25.4 Å². The molecule has 2 aromatic carbocycles. The second-order valence-corrected chi connectivity index (χ2v) is 9.62. The van der Waals surface area contributed by atoms with E-state index in [1.54, 1.807) is 61.5 Å². The molecule has 0 spiro atoms. The second-order valence-electron chi connectivity index (χ2n) is 7.63. The smallest absolute Gasteiger partial charge is 0.251 e. The Morgan fingerprint density at radius 3 is 2.40 bits per heavy atom. The molecule has 1 fully saturated rings. The largest absolute Gasteiger partial charge is 0.441 e. The van der Waals surface area contributed by atoms with Crippen LogP contribution in [0.3, 0.4) is 0 Å². The third-order valence-electron chi connectivity index (χ3n) is 5.41. The standard InChI is InChI=1S/C23H24N2O4S/c1-16-21(15-30(27,28)20-9-3-2-4-10-20)25-23(29-16)18-13-11-17(12-14-18)22(26)24-19-7-5-6-8-19/h2-4,9-14,19H,5-8,15H2,1H3,(H,24,26). The van der Waals surface area contributed by atoms with Crippen molar-refractivity contribution >= 4 is 15.7 Å². The summed E-state index contributed by atoms with van der Waals surface area (Å²) in [7, 11) is -3.51. The van der Waals surface area contributed by atoms with Crippen LogP contribution in [0.1, 0.15) is 47.5 Å². The van der Waals surface area contributed by atoms with Gasteiger partial charge in [0.15, 0.2) is 9.84 Å². The molecule has 1 amide bonds. The second kappa shape index (κ2) is 8.44. The molecular weight excluding hydrogens is 400 g/mol. The number of sulfone groups is 1. The first-order valence-corrected chi connectivity index (χ1v) is 11.7. The number of nitrogens with zero attached hydrogens (tertiary/aromatic N) is 1. The summed E-state index contributed by atoms with van der Waals surface area (Å²) in [5.74, 6) is 0.501. The molecule has 1 heterocycles. The lowest BCUT2D eigenvalue weighted by Gasteiger charge is -2.11. The Bertz CT molecular complexity index is 1130. The van der Waals surface area contributed by atoms with Crippen LogP contribution in [0.15, 0.2) is 63.9 Å². The fraction of sp³-hybridized carbons (Fsp3) is 0.304. The van der Waals surface area contributed by atoms with E-state index in [1.807, 2.05) is 0 Å². The molecule has 0 atom stereocenters. The summed E-state index contributed by atoms with van der Waals surface area (Å²) in [6, 6.07) is 15.6. The summed E-state index contributed by atoms with van der Waals surface area (Å²) in [6.45, 7) is 1.70. The van der Waals surface area contributed by atoms with E-state index in [0.717, 1.165) is 25.7 Å². The van der Waals surface area contributed by atoms with E-state index >= 15 is 0 Å². The molecule has 1 aliphatic rings. The van der Waals surface area contributed by atoms with Gasteiger partial charge in [-0.15, -0.1) is 0 Å². The minimum Gasteiger partial charge on any atom is -0.441 e. The molecule has 0 radical (unpaired) electrons. The van der Waals surface area contributed by atoms with E-state index in [4.69, 9.17) is 4.42 Å². The van der Waals surface area contributed by atoms with Gasteiger partial charge < -0.3 is 9.73 Å². The topological polar surface area (TPSA) is 89.3 Å². The molecule has 0 aliphatic heterocycles. The summed E-state index contributed by atoms with van der Waals surface area (Å²) >= 11 is 0. The van der Waals surface area contributed by atoms with E-state index in [2.05, 4.69) is 10.3 Å². The van der Waals surface area contributed by atoms with Gasteiger partial charge in [0.25, 0.3) is 5.91 Å². The molecule has 6 nitrogen and oxygen atoms in total. The van der Waals surface area contributed by atoms with Gasteiger partial charge in [-0.3, -0.25) is 4.79 Å². The van der Waals surface area contributed by atoms with E-state index in [0.29, 0.717) is 28.5 Å². The summed E-state index contributed by atoms with van der Waals surface area (Å²) in [5.41, 5.74) is 1.66. The fourth-order valence-electron chi connectivity index (χ4n) is 3.68. The molecule has 1 aliphatic carbocycles. The number of benzene rings is 2. The number of amides is 1. The number of carbonyl (C=O) groups excluding carboxylic acids is 1. The third-order valence-corrected chi connectivity index (χ3v) is 7.05. The molecule has 4 rings (SSSR count). The van der Waals surface area contributed by atoms with E-state index < -0.39 is 9.84 Å². The monoisotopic (exact) mass is 424 g/mol. The van der Waals surface area contributed by atoms with E-state index in [9.17, 15) is 13.2 Å². The minimum atomic E-state index is -3.51. The highest BCUT2D eigenvalue weighted by molar-refractivity contribution is 7.90. The first-order chi connectivity index (χ1) is 14.4. The zero-order chi connectivity index (χ0) is 21.1. The fourth-order valence-corrected chi connectivity index (χ4v) is 5.05. The Morgan fingerprint density at radius 1 is 1.07 bits per heavy atom. The van der Waals surface area contributed by atoms with Crippen molar-refractivity contribution in [2.45, 2.75) is 49.3 Å². The zero-order valence-corrected chi connectivity index (χ0v) is 17.6. The van der Waals surface area contributed by atoms with E-state index in [-0.39, 0.29) is 22.6 Å². The van der Waals surface area contributed by atoms with Gasteiger partial charge in [0.2, 0.25) is 5.89 Å². The number of hydrogen-bond donors (Lipinski definition) is 1. The maximum Gasteiger partial charge on any atom is 0.251 e. The first-order valence-electron chi connectivity index (χ1n) is 10.1. The minimum absolute atomic E-state index is 0.0771. The van der Waals surface area contributed by atoms with Crippen molar-refractivity contribution in [1.82, 2.24) is 10.3 Å². The molecule has 0 unspecified atom stereocenters. The van der Waals surface area contributed by atoms with Crippen molar-refractivity contribution in [3.8, 4) is 11.5 Å². The van der Waals surface area contributed by atoms with Crippen LogP contribution in [0.25, 0.3) is 11.5 Å². The number of rotatable bonds is 6. The molecule has 0 bridgehead atoms. The Kier molecular flexibility index (Phi) is 5.72. The maximum atomic E-state index is 12.6. The molecule has 3 aromatic rings. The van der Waals surface area contributed by atoms with Gasteiger partial charge in [0.1, 0.15) is 11.5 Å². The molecule has 7 heteroatoms. The Morgan fingerprint density at radius 2 is 1.73 bits per heavy atom. The summed E-state index contributed by atoms with van der Waals surface area (Å²) in [5, 5.41) is 3.06. The number of aromatic nitrogens is 1. The predicted molar refractivity (Wildman–Crippen MR) is 114 cm³/mol. The molecule has 1 aromatic heterocycles. The maximum absolute atomic E-state index is 12.6. The third kappa shape index (κ3) is 4.46. The predicted octanol–water partition coefficient (Wildman–Crippen LogP) is 4.30. The van der Waals surface area contributed by atoms with Crippen molar-refractivity contribution in [3.63, 3.8) is 0 Å². The van der Waals surface area contributed by atoms with Gasteiger partial charge in [-0.2, -0.15) is 0 Å². The van der Waals surface area contributed by atoms with Crippen LogP contribution in [-0.2, 0) is 15.6 Å². The summed E-state index contributed by atoms with van der Waals surface area (Å²) in [6.07, 6.45) is 4.40. The molecule has 0 saturated heterocycles. The number of hydrogen-bond acceptors (Lipinski definition) is 5. The van der Waals surface area contributed by atoms with Crippen LogP contribution in [0, 0.1) is 6.92 Å². The lowest BCUT2D eigenvalue weighted by atomic mass is 10.1. The van der Waals surface area contributed by atoms with Gasteiger partial charge in [0.05, 0.1) is 10.6 Å². The number of carbonyl (C=O) groups is 1. The zero-order valence-electron chi connectivity index (χ0n) is 16.8. The van der Waals surface area contributed by atoms with Crippen LogP contribution in [0.4, 0.5) is 0 Å². The Balaban J connectivity index is 1.49. The van der Waals surface area contributed by atoms with Gasteiger partial charge in [-0.1, -0.05) is 31.0 Å². The molecule has 156 valence electrons. The summed E-state index contributed by atoms with van der Waals surface area (Å²) in [4.78, 5) is 17.0. The van der Waals surface area contributed by atoms with Crippen LogP contribution in [0.2, 0.25) is 0 Å². The van der Waals surface area contributed by atoms with Gasteiger partial charge in [0, 0.05) is 17.2 Å². The van der Waals surface area contributed by atoms with Crippen molar-refractivity contribution < 1.29 is 17.6 Å². The highest BCUT2D eigenvalue weighted by Crippen LogP contribution is 2.25. The average molecular weight is 425 g/mol. The van der Waals surface area contributed by atoms with Gasteiger partial charge in [-0.25, -0.2) is 13.4 Å². The lowest BCUT2D eigenvalue weighted by molar-refractivity contribution is 0.0938. The quantitative estimate of drug-likeness (QED) is 0.637. The first kappa shape index (κ1) is 20.3. The van der Waals surface area contributed by atoms with Crippen LogP contribution < -0.4 is 5.32 Å². The van der Waals surface area contributed by atoms with Crippen molar-refractivity contribution in [3.05, 3.63) is 71.6 Å². The number of aryl methyl sites for hydroxylation is 1. The normalized spacial score (nSPS) is 14.7. The molecule has 1 saturated carbocycles. The molecule has 30 heavy (non-hydrogen) atoms. The highest BCUT2D eigenvalue weighted by Gasteiger charge is 2.21. The SMILES string of the molecule is Cc1oc(-c2ccc(C(=O)NC3CCCC3)cc2)nc1CS(=O)(=O)c1ccccc1. The Labute approximate surface area is 176 Å². The highest BCUT2D eigenvalue weighted by atomic mass is 32.2. The van der Waals surface area contributed by atoms with Crippen molar-refractivity contribution in [2.24, 2.45) is 0 Å². The van der Waals surface area contributed by atoms with Crippen molar-refractivity contribution in [1.29, 1.82) is 0 Å². The average Bonchev–Trinajstić information content (AvgIpc) is 3.38. The molecular formula is C23H24N2O4S. The van der Waals surface area contributed by atoms with Crippen LogP contribution in [0.5, 0.6) is 0 Å². The lowest BCUT2D eigenvalue weighted by Crippen LogP contribution is -2.32. The van der Waals surface area contributed by atoms with Gasteiger partial charge in [-0.05, 0) is 56.2 Å².